The van der Waals surface area contributed by atoms with E-state index in [0.29, 0.717) is 29.6 Å². The summed E-state index contributed by atoms with van der Waals surface area (Å²) in [6.07, 6.45) is 2.01. The zero-order chi connectivity index (χ0) is 35.4. The molecule has 0 aliphatic rings. The van der Waals surface area contributed by atoms with Crippen LogP contribution in [0, 0.1) is 5.82 Å². The summed E-state index contributed by atoms with van der Waals surface area (Å²) in [5.41, 5.74) is 4.57. The number of carbonyl (C=O) groups excluding carboxylic acids is 1. The first kappa shape index (κ1) is 33.6. The molecule has 9 nitrogen and oxygen atoms in total. The lowest BCUT2D eigenvalue weighted by atomic mass is 9.92. The lowest BCUT2D eigenvalue weighted by Gasteiger charge is -2.14. The summed E-state index contributed by atoms with van der Waals surface area (Å²) in [6.45, 7) is 6.82. The van der Waals surface area contributed by atoms with Gasteiger partial charge in [-0.25, -0.2) is 13.9 Å². The predicted molar refractivity (Wildman–Crippen MR) is 198 cm³/mol. The molecule has 3 heterocycles. The summed E-state index contributed by atoms with van der Waals surface area (Å²) < 4.78 is 23.8. The Balaban J connectivity index is 1.08. The summed E-state index contributed by atoms with van der Waals surface area (Å²) >= 11 is 1.58. The number of rotatable bonds is 10. The lowest BCUT2D eigenvalue weighted by molar-refractivity contribution is 0.251. The van der Waals surface area contributed by atoms with E-state index in [0.717, 1.165) is 37.9 Å². The van der Waals surface area contributed by atoms with Crippen molar-refractivity contribution in [3.05, 3.63) is 150 Å². The topological polar surface area (TPSA) is 98.4 Å². The molecular formula is C40H36FN7O2S. The molecule has 0 aliphatic carbocycles. The first-order valence-corrected chi connectivity index (χ1v) is 17.3. The van der Waals surface area contributed by atoms with Crippen molar-refractivity contribution in [3.8, 4) is 22.8 Å². The van der Waals surface area contributed by atoms with Crippen molar-refractivity contribution in [2.75, 3.05) is 5.32 Å². The van der Waals surface area contributed by atoms with E-state index in [-0.39, 0.29) is 17.8 Å². The molecule has 3 aromatic heterocycles. The van der Waals surface area contributed by atoms with Gasteiger partial charge in [0.05, 0.1) is 16.9 Å². The Labute approximate surface area is 299 Å². The van der Waals surface area contributed by atoms with E-state index >= 15 is 0 Å². The first-order valence-electron chi connectivity index (χ1n) is 16.5. The average molecular weight is 698 g/mol. The van der Waals surface area contributed by atoms with Gasteiger partial charge >= 0.3 is 6.03 Å². The number of anilines is 1. The minimum absolute atomic E-state index is 0.279. The van der Waals surface area contributed by atoms with Crippen LogP contribution in [0.15, 0.2) is 137 Å². The van der Waals surface area contributed by atoms with Crippen molar-refractivity contribution in [2.45, 2.75) is 49.1 Å². The van der Waals surface area contributed by atoms with Gasteiger partial charge in [-0.15, -0.1) is 10.2 Å². The highest BCUT2D eigenvalue weighted by atomic mass is 32.2. The number of nitrogens with one attached hydrogen (secondary N) is 2. The number of fused-ring (bicyclic) bond motifs is 1. The number of aromatic nitrogens is 5. The Kier molecular flexibility index (Phi) is 9.54. The number of para-hydroxylation sites is 1. The Morgan fingerprint density at radius 2 is 1.65 bits per heavy atom. The minimum Gasteiger partial charge on any atom is -0.488 e. The fourth-order valence-corrected chi connectivity index (χ4v) is 6.45. The van der Waals surface area contributed by atoms with Gasteiger partial charge in [-0.05, 0) is 59.7 Å². The summed E-state index contributed by atoms with van der Waals surface area (Å²) in [5, 5.41) is 19.5. The molecule has 4 aromatic carbocycles. The molecule has 0 aliphatic heterocycles. The van der Waals surface area contributed by atoms with Crippen molar-refractivity contribution in [3.63, 3.8) is 0 Å². The molecule has 0 saturated heterocycles. The maximum atomic E-state index is 14.1. The Morgan fingerprint density at radius 1 is 0.863 bits per heavy atom. The monoisotopic (exact) mass is 697 g/mol. The first-order chi connectivity index (χ1) is 24.7. The molecule has 0 radical (unpaired) electrons. The van der Waals surface area contributed by atoms with Crippen LogP contribution in [0.25, 0.3) is 22.7 Å². The van der Waals surface area contributed by atoms with Gasteiger partial charge in [0, 0.05) is 34.0 Å². The summed E-state index contributed by atoms with van der Waals surface area (Å²) in [6, 6.07) is 37.3. The molecule has 7 aromatic rings. The number of urea groups is 1. The average Bonchev–Trinajstić information content (AvgIpc) is 3.76. The summed E-state index contributed by atoms with van der Waals surface area (Å²) in [5.74, 6) is 1.45. The van der Waals surface area contributed by atoms with Crippen LogP contribution in [0.2, 0.25) is 0 Å². The second kappa shape index (κ2) is 14.5. The molecule has 0 atom stereocenters. The number of benzene rings is 4. The van der Waals surface area contributed by atoms with Crippen molar-refractivity contribution in [2.24, 2.45) is 0 Å². The maximum absolute atomic E-state index is 14.1. The number of ether oxygens (including phenoxy) is 1. The van der Waals surface area contributed by atoms with E-state index in [4.69, 9.17) is 4.74 Å². The molecular weight excluding hydrogens is 662 g/mol. The molecule has 0 unspecified atom stereocenters. The van der Waals surface area contributed by atoms with E-state index in [1.54, 1.807) is 28.6 Å². The molecule has 7 rings (SSSR count). The fraction of sp³-hybridized carbons (Fsp3) is 0.150. The molecule has 0 spiro atoms. The zero-order valence-electron chi connectivity index (χ0n) is 28.4. The van der Waals surface area contributed by atoms with E-state index < -0.39 is 6.03 Å². The van der Waals surface area contributed by atoms with E-state index in [1.165, 1.54) is 12.1 Å². The van der Waals surface area contributed by atoms with Gasteiger partial charge in [-0.1, -0.05) is 99.3 Å². The van der Waals surface area contributed by atoms with Gasteiger partial charge in [-0.3, -0.25) is 9.72 Å². The molecule has 0 saturated carbocycles. The third-order valence-electron chi connectivity index (χ3n) is 8.15. The zero-order valence-corrected chi connectivity index (χ0v) is 29.2. The van der Waals surface area contributed by atoms with Crippen molar-refractivity contribution >= 4 is 29.3 Å². The number of halogens is 1. The highest BCUT2D eigenvalue weighted by molar-refractivity contribution is 7.99. The maximum Gasteiger partial charge on any atom is 0.320 e. The van der Waals surface area contributed by atoms with E-state index in [1.807, 2.05) is 128 Å². The SMILES string of the molecule is CC(C)(C)c1cc(NC(=O)NCc2ccccc2Sc2ccc3nnc(-c4ccccc4OCc4ccccc4)n3c2)n(-c2cccc(F)c2)n1. The van der Waals surface area contributed by atoms with Gasteiger partial charge in [0.2, 0.25) is 0 Å². The number of amides is 2. The molecule has 0 fully saturated rings. The number of nitrogens with zero attached hydrogens (tertiary/aromatic N) is 5. The number of pyridine rings is 1. The number of hydrogen-bond donors (Lipinski definition) is 2. The van der Waals surface area contributed by atoms with E-state index in [2.05, 4.69) is 25.9 Å². The highest BCUT2D eigenvalue weighted by Gasteiger charge is 2.22. The third kappa shape index (κ3) is 7.79. The van der Waals surface area contributed by atoms with Crippen LogP contribution in [0.5, 0.6) is 5.75 Å². The Hall–Kier alpha value is -5.94. The Morgan fingerprint density at radius 3 is 2.47 bits per heavy atom. The molecule has 256 valence electrons. The predicted octanol–water partition coefficient (Wildman–Crippen LogP) is 9.07. The van der Waals surface area contributed by atoms with Crippen LogP contribution in [0.3, 0.4) is 0 Å². The molecule has 51 heavy (non-hydrogen) atoms. The number of hydrogen-bond acceptors (Lipinski definition) is 6. The standard InChI is InChI=1S/C40H36FN7O2S/c1-40(2,3)35-23-37(48(46-35)30-16-11-15-29(41)22-30)43-39(49)42-24-28-14-7-10-19-34(28)51-31-20-21-36-44-45-38(47(36)25-31)32-17-8-9-18-33(32)50-26-27-12-5-4-6-13-27/h4-23,25H,24,26H2,1-3H3,(H2,42,43,49). The second-order valence-corrected chi connectivity index (χ2v) is 14.1. The summed E-state index contributed by atoms with van der Waals surface area (Å²) in [7, 11) is 0. The van der Waals surface area contributed by atoms with Crippen molar-refractivity contribution in [1.82, 2.24) is 29.7 Å². The lowest BCUT2D eigenvalue weighted by Crippen LogP contribution is -2.29. The molecule has 2 amide bonds. The van der Waals surface area contributed by atoms with E-state index in [9.17, 15) is 9.18 Å². The van der Waals surface area contributed by atoms with Gasteiger partial charge in [0.25, 0.3) is 0 Å². The molecule has 2 N–H and O–H groups in total. The van der Waals surface area contributed by atoms with Gasteiger partial charge in [0.1, 0.15) is 24.0 Å². The second-order valence-electron chi connectivity index (χ2n) is 13.0. The normalized spacial score (nSPS) is 11.5. The smallest absolute Gasteiger partial charge is 0.320 e. The van der Waals surface area contributed by atoms with Crippen LogP contribution < -0.4 is 15.4 Å². The fourth-order valence-electron chi connectivity index (χ4n) is 5.48. The highest BCUT2D eigenvalue weighted by Crippen LogP contribution is 2.34. The quantitative estimate of drug-likeness (QED) is 0.148. The van der Waals surface area contributed by atoms with Crippen LogP contribution in [0.1, 0.15) is 37.6 Å². The van der Waals surface area contributed by atoms with Gasteiger partial charge in [-0.2, -0.15) is 5.10 Å². The van der Waals surface area contributed by atoms with Gasteiger partial charge < -0.3 is 10.1 Å². The van der Waals surface area contributed by atoms with Crippen molar-refractivity contribution in [1.29, 1.82) is 0 Å². The van der Waals surface area contributed by atoms with Crippen LogP contribution in [0.4, 0.5) is 15.0 Å². The number of carbonyl (C=O) groups is 1. The van der Waals surface area contributed by atoms with Gasteiger partial charge in [0.15, 0.2) is 11.5 Å². The third-order valence-corrected chi connectivity index (χ3v) is 9.25. The Bertz CT molecular complexity index is 2310. The molecule has 11 heteroatoms. The minimum atomic E-state index is -0.406. The molecule has 0 bridgehead atoms. The summed E-state index contributed by atoms with van der Waals surface area (Å²) in [4.78, 5) is 15.2. The largest absolute Gasteiger partial charge is 0.488 e. The van der Waals surface area contributed by atoms with Crippen LogP contribution in [-0.4, -0.2) is 30.4 Å². The van der Waals surface area contributed by atoms with Crippen molar-refractivity contribution < 1.29 is 13.9 Å². The van der Waals surface area contributed by atoms with Crippen LogP contribution in [-0.2, 0) is 18.6 Å². The van der Waals surface area contributed by atoms with Crippen LogP contribution >= 0.6 is 11.8 Å².